The van der Waals surface area contributed by atoms with Gasteiger partial charge in [-0.15, -0.1) is 0 Å². The Morgan fingerprint density at radius 1 is 1.04 bits per heavy atom. The zero-order chi connectivity index (χ0) is 20.1. The van der Waals surface area contributed by atoms with Crippen LogP contribution in [0.15, 0.2) is 53.4 Å². The molecule has 1 fully saturated rings. The number of carbonyl (C=O) groups is 2. The van der Waals surface area contributed by atoms with Crippen LogP contribution in [0, 0.1) is 5.82 Å². The SMILES string of the molecule is O=Cc1ccccc1OCC(=O)N1CCN(S(=O)(=O)c2ccc(F)cc2)CC1. The number of amides is 1. The lowest BCUT2D eigenvalue weighted by molar-refractivity contribution is -0.134. The van der Waals surface area contributed by atoms with Gasteiger partial charge in [-0.2, -0.15) is 4.31 Å². The van der Waals surface area contributed by atoms with E-state index in [1.165, 1.54) is 21.3 Å². The van der Waals surface area contributed by atoms with Gasteiger partial charge in [0.2, 0.25) is 10.0 Å². The Kier molecular flexibility index (Phi) is 6.05. The van der Waals surface area contributed by atoms with Crippen LogP contribution in [0.25, 0.3) is 0 Å². The molecule has 0 aromatic heterocycles. The molecule has 2 aromatic carbocycles. The Morgan fingerprint density at radius 2 is 1.68 bits per heavy atom. The Bertz CT molecular complexity index is 955. The first-order chi connectivity index (χ1) is 13.4. The minimum absolute atomic E-state index is 0.0162. The third-order valence-corrected chi connectivity index (χ3v) is 6.35. The van der Waals surface area contributed by atoms with Gasteiger partial charge in [-0.25, -0.2) is 12.8 Å². The second-order valence-corrected chi connectivity index (χ2v) is 8.12. The second-order valence-electron chi connectivity index (χ2n) is 6.18. The number of benzene rings is 2. The number of halogens is 1. The standard InChI is InChI=1S/C19H19FN2O5S/c20-16-5-7-17(8-6-16)28(25,26)22-11-9-21(10-12-22)19(24)14-27-18-4-2-1-3-15(18)13-23/h1-8,13H,9-12,14H2. The molecule has 0 saturated carbocycles. The maximum atomic E-state index is 13.0. The Morgan fingerprint density at radius 3 is 2.32 bits per heavy atom. The molecule has 2 aromatic rings. The van der Waals surface area contributed by atoms with Crippen molar-refractivity contribution in [1.82, 2.24) is 9.21 Å². The predicted octanol–water partition coefficient (Wildman–Crippen LogP) is 1.55. The third-order valence-electron chi connectivity index (χ3n) is 4.44. The monoisotopic (exact) mass is 406 g/mol. The quantitative estimate of drug-likeness (QED) is 0.680. The Labute approximate surface area is 162 Å². The molecule has 148 valence electrons. The molecule has 1 aliphatic heterocycles. The maximum absolute atomic E-state index is 13.0. The van der Waals surface area contributed by atoms with E-state index in [4.69, 9.17) is 4.74 Å². The fraction of sp³-hybridized carbons (Fsp3) is 0.263. The summed E-state index contributed by atoms with van der Waals surface area (Å²) in [5.41, 5.74) is 0.352. The molecular weight excluding hydrogens is 387 g/mol. The molecule has 3 rings (SSSR count). The molecule has 28 heavy (non-hydrogen) atoms. The van der Waals surface area contributed by atoms with Gasteiger partial charge in [0.05, 0.1) is 10.5 Å². The number of para-hydroxylation sites is 1. The topological polar surface area (TPSA) is 84.0 Å². The van der Waals surface area contributed by atoms with Crippen molar-refractivity contribution in [2.24, 2.45) is 0 Å². The van der Waals surface area contributed by atoms with E-state index in [9.17, 15) is 22.4 Å². The van der Waals surface area contributed by atoms with E-state index in [1.807, 2.05) is 0 Å². The summed E-state index contributed by atoms with van der Waals surface area (Å²) in [6, 6.07) is 11.2. The molecule has 0 N–H and O–H groups in total. The number of aldehydes is 1. The third kappa shape index (κ3) is 4.37. The van der Waals surface area contributed by atoms with E-state index in [1.54, 1.807) is 24.3 Å². The van der Waals surface area contributed by atoms with Crippen LogP contribution in [0.3, 0.4) is 0 Å². The average molecular weight is 406 g/mol. The van der Waals surface area contributed by atoms with Gasteiger partial charge in [-0.05, 0) is 36.4 Å². The van der Waals surface area contributed by atoms with Crippen LogP contribution in [0.2, 0.25) is 0 Å². The minimum atomic E-state index is -3.73. The minimum Gasteiger partial charge on any atom is -0.483 e. The van der Waals surface area contributed by atoms with Crippen LogP contribution in [-0.2, 0) is 14.8 Å². The van der Waals surface area contributed by atoms with Gasteiger partial charge in [0.1, 0.15) is 11.6 Å². The van der Waals surface area contributed by atoms with Gasteiger partial charge in [-0.1, -0.05) is 12.1 Å². The number of ether oxygens (including phenoxy) is 1. The van der Waals surface area contributed by atoms with Crippen LogP contribution in [0.1, 0.15) is 10.4 Å². The summed E-state index contributed by atoms with van der Waals surface area (Å²) in [6.07, 6.45) is 0.652. The molecule has 0 aliphatic carbocycles. The number of sulfonamides is 1. The predicted molar refractivity (Wildman–Crippen MR) is 99.1 cm³/mol. The van der Waals surface area contributed by atoms with E-state index >= 15 is 0 Å². The second kappa shape index (κ2) is 8.49. The van der Waals surface area contributed by atoms with E-state index in [-0.39, 0.29) is 43.6 Å². The lowest BCUT2D eigenvalue weighted by Gasteiger charge is -2.34. The molecule has 0 atom stereocenters. The summed E-state index contributed by atoms with van der Waals surface area (Å²) in [5.74, 6) is -0.478. The van der Waals surface area contributed by atoms with Crippen LogP contribution >= 0.6 is 0 Å². The summed E-state index contributed by atoms with van der Waals surface area (Å²) in [6.45, 7) is 0.470. The first kappa shape index (κ1) is 20.0. The smallest absolute Gasteiger partial charge is 0.260 e. The summed E-state index contributed by atoms with van der Waals surface area (Å²) in [7, 11) is -3.73. The van der Waals surface area contributed by atoms with Crippen molar-refractivity contribution >= 4 is 22.2 Å². The summed E-state index contributed by atoms with van der Waals surface area (Å²) >= 11 is 0. The van der Waals surface area contributed by atoms with Crippen molar-refractivity contribution in [2.75, 3.05) is 32.8 Å². The van der Waals surface area contributed by atoms with E-state index in [0.717, 1.165) is 12.1 Å². The Hall–Kier alpha value is -2.78. The number of piperazine rings is 1. The van der Waals surface area contributed by atoms with Gasteiger partial charge >= 0.3 is 0 Å². The van der Waals surface area contributed by atoms with Crippen molar-refractivity contribution in [3.05, 3.63) is 59.9 Å². The number of rotatable bonds is 6. The fourth-order valence-corrected chi connectivity index (χ4v) is 4.30. The lowest BCUT2D eigenvalue weighted by atomic mass is 10.2. The van der Waals surface area contributed by atoms with E-state index < -0.39 is 15.8 Å². The van der Waals surface area contributed by atoms with Gasteiger partial charge in [0, 0.05) is 26.2 Å². The molecule has 0 unspecified atom stereocenters. The van der Waals surface area contributed by atoms with Crippen LogP contribution in [0.5, 0.6) is 5.75 Å². The maximum Gasteiger partial charge on any atom is 0.260 e. The first-order valence-electron chi connectivity index (χ1n) is 8.62. The fourth-order valence-electron chi connectivity index (χ4n) is 2.87. The highest BCUT2D eigenvalue weighted by Crippen LogP contribution is 2.19. The van der Waals surface area contributed by atoms with Crippen LogP contribution in [-0.4, -0.2) is 62.6 Å². The number of nitrogens with zero attached hydrogens (tertiary/aromatic N) is 2. The normalized spacial score (nSPS) is 15.2. The number of hydrogen-bond donors (Lipinski definition) is 0. The van der Waals surface area contributed by atoms with E-state index in [0.29, 0.717) is 17.6 Å². The average Bonchev–Trinajstić information content (AvgIpc) is 2.72. The van der Waals surface area contributed by atoms with Gasteiger partial charge in [0.15, 0.2) is 12.9 Å². The molecule has 9 heteroatoms. The van der Waals surface area contributed by atoms with Crippen molar-refractivity contribution in [2.45, 2.75) is 4.90 Å². The number of hydrogen-bond acceptors (Lipinski definition) is 5. The van der Waals surface area contributed by atoms with Crippen molar-refractivity contribution < 1.29 is 27.1 Å². The lowest BCUT2D eigenvalue weighted by Crippen LogP contribution is -2.51. The molecule has 1 amide bonds. The highest BCUT2D eigenvalue weighted by atomic mass is 32.2. The zero-order valence-corrected chi connectivity index (χ0v) is 15.8. The van der Waals surface area contributed by atoms with Gasteiger partial charge < -0.3 is 9.64 Å². The highest BCUT2D eigenvalue weighted by molar-refractivity contribution is 7.89. The van der Waals surface area contributed by atoms with Crippen molar-refractivity contribution in [3.63, 3.8) is 0 Å². The van der Waals surface area contributed by atoms with Crippen molar-refractivity contribution in [1.29, 1.82) is 0 Å². The van der Waals surface area contributed by atoms with Crippen LogP contribution in [0.4, 0.5) is 4.39 Å². The molecule has 1 aliphatic rings. The first-order valence-corrected chi connectivity index (χ1v) is 10.1. The highest BCUT2D eigenvalue weighted by Gasteiger charge is 2.30. The van der Waals surface area contributed by atoms with Crippen molar-refractivity contribution in [3.8, 4) is 5.75 Å². The van der Waals surface area contributed by atoms with Gasteiger partial charge in [-0.3, -0.25) is 9.59 Å². The molecule has 1 heterocycles. The van der Waals surface area contributed by atoms with Gasteiger partial charge in [0.25, 0.3) is 5.91 Å². The van der Waals surface area contributed by atoms with Crippen LogP contribution < -0.4 is 4.74 Å². The summed E-state index contributed by atoms with van der Waals surface area (Å²) < 4.78 is 44.9. The number of carbonyl (C=O) groups excluding carboxylic acids is 2. The molecule has 1 saturated heterocycles. The zero-order valence-electron chi connectivity index (χ0n) is 15.0. The molecule has 0 spiro atoms. The summed E-state index contributed by atoms with van der Waals surface area (Å²) in [4.78, 5) is 24.8. The molecule has 7 nitrogen and oxygen atoms in total. The largest absolute Gasteiger partial charge is 0.483 e. The Balaban J connectivity index is 1.56. The van der Waals surface area contributed by atoms with E-state index in [2.05, 4.69) is 0 Å². The molecule has 0 bridgehead atoms. The molecule has 0 radical (unpaired) electrons. The molecular formula is C19H19FN2O5S. The summed E-state index contributed by atoms with van der Waals surface area (Å²) in [5, 5.41) is 0.